The van der Waals surface area contributed by atoms with Crippen molar-refractivity contribution in [3.63, 3.8) is 0 Å². The molecule has 1 aromatic rings. The Hall–Kier alpha value is -2.05. The van der Waals surface area contributed by atoms with Crippen LogP contribution in [0.25, 0.3) is 0 Å². The van der Waals surface area contributed by atoms with Gasteiger partial charge in [0.1, 0.15) is 5.82 Å². The molecule has 0 aliphatic heterocycles. The minimum absolute atomic E-state index is 0.0291. The number of nitrogens with zero attached hydrogens (tertiary/aromatic N) is 2. The van der Waals surface area contributed by atoms with Gasteiger partial charge in [0.2, 0.25) is 0 Å². The van der Waals surface area contributed by atoms with Crippen LogP contribution in [0.4, 0.5) is 10.6 Å². The zero-order chi connectivity index (χ0) is 13.2. The van der Waals surface area contributed by atoms with Gasteiger partial charge in [0.05, 0.1) is 0 Å². The van der Waals surface area contributed by atoms with Gasteiger partial charge in [-0.25, -0.2) is 9.59 Å². The predicted octanol–water partition coefficient (Wildman–Crippen LogP) is -0.386. The summed E-state index contributed by atoms with van der Waals surface area (Å²) in [4.78, 5) is 34.4. The molecule has 1 rings (SSSR count). The van der Waals surface area contributed by atoms with Crippen LogP contribution in [0.1, 0.15) is 13.8 Å². The van der Waals surface area contributed by atoms with Gasteiger partial charge in [0, 0.05) is 26.2 Å². The van der Waals surface area contributed by atoms with E-state index in [1.54, 1.807) is 0 Å². The Bertz CT molecular complexity index is 541. The van der Waals surface area contributed by atoms with E-state index in [0.29, 0.717) is 0 Å². The first kappa shape index (κ1) is 13.0. The quantitative estimate of drug-likeness (QED) is 0.738. The molecule has 0 unspecified atom stereocenters. The number of anilines is 1. The molecule has 7 heteroatoms. The Morgan fingerprint density at radius 3 is 2.35 bits per heavy atom. The molecular formula is C10H16N4O3. The molecule has 0 bridgehead atoms. The molecule has 7 nitrogen and oxygen atoms in total. The largest absolute Gasteiger partial charge is 0.336 e. The fourth-order valence-corrected chi connectivity index (χ4v) is 1.27. The third kappa shape index (κ3) is 2.96. The summed E-state index contributed by atoms with van der Waals surface area (Å²) in [7, 11) is 2.86. The molecule has 1 heterocycles. The van der Waals surface area contributed by atoms with Crippen LogP contribution in [-0.2, 0) is 14.1 Å². The number of carbonyl (C=O) groups is 1. The second-order valence-corrected chi connectivity index (χ2v) is 4.02. The molecule has 0 atom stereocenters. The molecule has 0 aliphatic rings. The highest BCUT2D eigenvalue weighted by Crippen LogP contribution is 1.97. The van der Waals surface area contributed by atoms with Crippen molar-refractivity contribution >= 4 is 11.8 Å². The van der Waals surface area contributed by atoms with Gasteiger partial charge < -0.3 is 5.32 Å². The Kier molecular flexibility index (Phi) is 3.72. The molecule has 17 heavy (non-hydrogen) atoms. The molecule has 0 saturated heterocycles. The number of amides is 2. The summed E-state index contributed by atoms with van der Waals surface area (Å²) in [5.41, 5.74) is -0.953. The maximum atomic E-state index is 11.6. The zero-order valence-electron chi connectivity index (χ0n) is 10.3. The first-order chi connectivity index (χ1) is 7.82. The Morgan fingerprint density at radius 1 is 1.24 bits per heavy atom. The molecule has 1 aromatic heterocycles. The molecule has 0 saturated carbocycles. The maximum Gasteiger partial charge on any atom is 0.332 e. The van der Waals surface area contributed by atoms with E-state index in [2.05, 4.69) is 10.6 Å². The van der Waals surface area contributed by atoms with E-state index in [-0.39, 0.29) is 11.9 Å². The van der Waals surface area contributed by atoms with Gasteiger partial charge in [0.25, 0.3) is 5.56 Å². The third-order valence-corrected chi connectivity index (χ3v) is 2.19. The van der Waals surface area contributed by atoms with Crippen molar-refractivity contribution < 1.29 is 4.79 Å². The summed E-state index contributed by atoms with van der Waals surface area (Å²) in [6.45, 7) is 3.62. The average Bonchev–Trinajstić information content (AvgIpc) is 2.21. The minimum Gasteiger partial charge on any atom is -0.336 e. The van der Waals surface area contributed by atoms with Crippen LogP contribution in [0.15, 0.2) is 15.7 Å². The lowest BCUT2D eigenvalue weighted by Gasteiger charge is -2.13. The summed E-state index contributed by atoms with van der Waals surface area (Å²) in [6, 6.07) is 0.711. The van der Waals surface area contributed by atoms with Crippen molar-refractivity contribution in [3.05, 3.63) is 26.9 Å². The molecule has 0 aromatic carbocycles. The van der Waals surface area contributed by atoms with Gasteiger partial charge in [-0.3, -0.25) is 19.2 Å². The molecule has 2 amide bonds. The van der Waals surface area contributed by atoms with Gasteiger partial charge in [-0.2, -0.15) is 0 Å². The van der Waals surface area contributed by atoms with Crippen molar-refractivity contribution in [1.29, 1.82) is 0 Å². The van der Waals surface area contributed by atoms with Gasteiger partial charge in [-0.15, -0.1) is 0 Å². The fourth-order valence-electron chi connectivity index (χ4n) is 1.27. The molecule has 94 valence electrons. The molecule has 0 aliphatic carbocycles. The van der Waals surface area contributed by atoms with E-state index in [1.165, 1.54) is 24.7 Å². The fraction of sp³-hybridized carbons (Fsp3) is 0.500. The minimum atomic E-state index is -0.489. The van der Waals surface area contributed by atoms with Crippen LogP contribution in [0, 0.1) is 0 Å². The average molecular weight is 240 g/mol. The van der Waals surface area contributed by atoms with Gasteiger partial charge in [-0.1, -0.05) is 0 Å². The number of urea groups is 1. The summed E-state index contributed by atoms with van der Waals surface area (Å²) in [5, 5.41) is 5.05. The lowest BCUT2D eigenvalue weighted by Crippen LogP contribution is -2.40. The number of hydrogen-bond acceptors (Lipinski definition) is 3. The van der Waals surface area contributed by atoms with Crippen molar-refractivity contribution in [1.82, 2.24) is 14.5 Å². The lowest BCUT2D eigenvalue weighted by molar-refractivity contribution is 0.250. The monoisotopic (exact) mass is 240 g/mol. The van der Waals surface area contributed by atoms with E-state index in [9.17, 15) is 14.4 Å². The Labute approximate surface area is 98.1 Å². The second kappa shape index (κ2) is 4.86. The van der Waals surface area contributed by atoms with Gasteiger partial charge >= 0.3 is 11.7 Å². The van der Waals surface area contributed by atoms with Crippen LogP contribution in [0.5, 0.6) is 0 Å². The summed E-state index contributed by atoms with van der Waals surface area (Å²) < 4.78 is 2.16. The highest BCUT2D eigenvalue weighted by atomic mass is 16.2. The van der Waals surface area contributed by atoms with Gasteiger partial charge in [0.15, 0.2) is 0 Å². The number of nitrogens with one attached hydrogen (secondary N) is 2. The lowest BCUT2D eigenvalue weighted by atomic mass is 10.4. The number of rotatable bonds is 2. The second-order valence-electron chi connectivity index (χ2n) is 4.02. The van der Waals surface area contributed by atoms with Crippen molar-refractivity contribution in [3.8, 4) is 0 Å². The predicted molar refractivity (Wildman–Crippen MR) is 64.2 cm³/mol. The number of carbonyl (C=O) groups excluding carboxylic acids is 1. The summed E-state index contributed by atoms with van der Waals surface area (Å²) in [5.74, 6) is 0.163. The highest BCUT2D eigenvalue weighted by molar-refractivity contribution is 5.88. The maximum absolute atomic E-state index is 11.6. The van der Waals surface area contributed by atoms with E-state index >= 15 is 0 Å². The highest BCUT2D eigenvalue weighted by Gasteiger charge is 2.09. The van der Waals surface area contributed by atoms with E-state index in [1.807, 2.05) is 13.8 Å². The number of hydrogen-bond donors (Lipinski definition) is 2. The van der Waals surface area contributed by atoms with Crippen LogP contribution in [0.2, 0.25) is 0 Å². The molecule has 0 radical (unpaired) electrons. The van der Waals surface area contributed by atoms with Crippen LogP contribution < -0.4 is 21.9 Å². The summed E-state index contributed by atoms with van der Waals surface area (Å²) >= 11 is 0. The van der Waals surface area contributed by atoms with E-state index < -0.39 is 17.3 Å². The third-order valence-electron chi connectivity index (χ3n) is 2.19. The Morgan fingerprint density at radius 2 is 1.82 bits per heavy atom. The van der Waals surface area contributed by atoms with E-state index in [0.717, 1.165) is 4.57 Å². The van der Waals surface area contributed by atoms with Crippen LogP contribution >= 0.6 is 0 Å². The van der Waals surface area contributed by atoms with Crippen molar-refractivity contribution in [2.45, 2.75) is 19.9 Å². The Balaban J connectivity index is 3.05. The first-order valence-corrected chi connectivity index (χ1v) is 5.17. The number of aromatic nitrogens is 2. The van der Waals surface area contributed by atoms with Gasteiger partial charge in [-0.05, 0) is 13.8 Å². The smallest absolute Gasteiger partial charge is 0.332 e. The summed E-state index contributed by atoms with van der Waals surface area (Å²) in [6.07, 6.45) is 0. The molecular weight excluding hydrogens is 224 g/mol. The standard InChI is InChI=1S/C10H16N4O3/c1-6(2)11-9(16)12-7-5-8(15)14(4)10(17)13(7)3/h5-6H,1-4H3,(H2,11,12,16). The van der Waals surface area contributed by atoms with Crippen molar-refractivity contribution in [2.24, 2.45) is 14.1 Å². The first-order valence-electron chi connectivity index (χ1n) is 5.17. The van der Waals surface area contributed by atoms with Crippen molar-refractivity contribution in [2.75, 3.05) is 5.32 Å². The molecule has 0 fully saturated rings. The SMILES string of the molecule is CC(C)NC(=O)Nc1cc(=O)n(C)c(=O)n1C. The molecule has 0 spiro atoms. The van der Waals surface area contributed by atoms with E-state index in [4.69, 9.17) is 0 Å². The van der Waals surface area contributed by atoms with Crippen LogP contribution in [0.3, 0.4) is 0 Å². The van der Waals surface area contributed by atoms with Crippen LogP contribution in [-0.4, -0.2) is 21.2 Å². The molecule has 2 N–H and O–H groups in total. The normalized spacial score (nSPS) is 10.4. The topological polar surface area (TPSA) is 85.1 Å². The zero-order valence-corrected chi connectivity index (χ0v) is 10.3.